The lowest BCUT2D eigenvalue weighted by atomic mass is 9.93. The number of aromatic hydroxyl groups is 1. The molecule has 2 aromatic carbocycles. The number of amides is 1. The number of aliphatic hydroxyl groups is 1. The smallest absolute Gasteiger partial charge is 0.295 e. The van der Waals surface area contributed by atoms with Crippen LogP contribution in [-0.2, 0) is 9.59 Å². The number of ketones is 1. The van der Waals surface area contributed by atoms with Crippen LogP contribution in [0.15, 0.2) is 42.0 Å². The molecule has 176 valence electrons. The van der Waals surface area contributed by atoms with E-state index in [0.29, 0.717) is 12.0 Å². The zero-order valence-electron chi connectivity index (χ0n) is 19.6. The number of halogens is 1. The van der Waals surface area contributed by atoms with Gasteiger partial charge in [-0.25, -0.2) is 4.39 Å². The van der Waals surface area contributed by atoms with E-state index in [1.54, 1.807) is 12.1 Å². The molecule has 1 atom stereocenters. The van der Waals surface area contributed by atoms with Crippen molar-refractivity contribution in [1.82, 2.24) is 9.80 Å². The molecule has 2 N–H and O–H groups in total. The first-order valence-corrected chi connectivity index (χ1v) is 11.3. The Morgan fingerprint density at radius 3 is 2.39 bits per heavy atom. The lowest BCUT2D eigenvalue weighted by Crippen LogP contribution is -2.33. The van der Waals surface area contributed by atoms with Crippen molar-refractivity contribution in [3.05, 3.63) is 70.0 Å². The maximum Gasteiger partial charge on any atom is 0.295 e. The molecule has 1 aliphatic rings. The van der Waals surface area contributed by atoms with Crippen LogP contribution in [0.5, 0.6) is 5.75 Å². The fraction of sp³-hybridized carbons (Fsp3) is 0.385. The molecule has 1 fully saturated rings. The standard InChI is InChI=1S/C26H31FN2O4/c1-5-28(6-2)11-8-12-29-23(18-9-7-10-19(27)15-18)22(25(32)26(29)33)24(31)20-13-16(3)17(4)14-21(20)30/h7,9-10,13-15,23,30-31H,5-6,8,11-12H2,1-4H3. The van der Waals surface area contributed by atoms with Crippen LogP contribution in [0.4, 0.5) is 4.39 Å². The average Bonchev–Trinajstić information content (AvgIpc) is 3.03. The number of aliphatic hydroxyl groups excluding tert-OH is 1. The van der Waals surface area contributed by atoms with Gasteiger partial charge in [0.1, 0.15) is 17.3 Å². The minimum Gasteiger partial charge on any atom is -0.507 e. The first kappa shape index (κ1) is 24.5. The van der Waals surface area contributed by atoms with Gasteiger partial charge in [-0.3, -0.25) is 9.59 Å². The van der Waals surface area contributed by atoms with E-state index in [0.717, 1.165) is 30.8 Å². The molecule has 1 amide bonds. The number of carbonyl (C=O) groups excluding carboxylic acids is 2. The molecule has 1 aliphatic heterocycles. The fourth-order valence-electron chi connectivity index (χ4n) is 4.27. The van der Waals surface area contributed by atoms with Crippen molar-refractivity contribution in [2.45, 2.75) is 40.2 Å². The van der Waals surface area contributed by atoms with Crippen molar-refractivity contribution in [2.75, 3.05) is 26.2 Å². The summed E-state index contributed by atoms with van der Waals surface area (Å²) >= 11 is 0. The summed E-state index contributed by atoms with van der Waals surface area (Å²) < 4.78 is 14.1. The second kappa shape index (κ2) is 10.2. The Kier molecular flexibility index (Phi) is 7.53. The lowest BCUT2D eigenvalue weighted by Gasteiger charge is -2.27. The van der Waals surface area contributed by atoms with Crippen LogP contribution in [0.1, 0.15) is 48.6 Å². The molecule has 1 heterocycles. The van der Waals surface area contributed by atoms with E-state index in [-0.39, 0.29) is 23.4 Å². The molecule has 1 saturated heterocycles. The number of rotatable bonds is 8. The van der Waals surface area contributed by atoms with Crippen molar-refractivity contribution in [3.63, 3.8) is 0 Å². The zero-order valence-corrected chi connectivity index (χ0v) is 19.6. The van der Waals surface area contributed by atoms with E-state index >= 15 is 0 Å². The highest BCUT2D eigenvalue weighted by Crippen LogP contribution is 2.41. The Labute approximate surface area is 193 Å². The number of carbonyl (C=O) groups is 2. The van der Waals surface area contributed by atoms with E-state index < -0.39 is 29.3 Å². The Balaban J connectivity index is 2.10. The van der Waals surface area contributed by atoms with Gasteiger partial charge in [-0.15, -0.1) is 0 Å². The summed E-state index contributed by atoms with van der Waals surface area (Å²) in [5, 5.41) is 21.6. The number of aryl methyl sites for hydroxylation is 2. The first-order valence-electron chi connectivity index (χ1n) is 11.3. The van der Waals surface area contributed by atoms with Crippen LogP contribution in [0.2, 0.25) is 0 Å². The first-order chi connectivity index (χ1) is 15.7. The van der Waals surface area contributed by atoms with Crippen LogP contribution < -0.4 is 0 Å². The van der Waals surface area contributed by atoms with Gasteiger partial charge in [-0.2, -0.15) is 0 Å². The van der Waals surface area contributed by atoms with Crippen LogP contribution in [-0.4, -0.2) is 57.9 Å². The van der Waals surface area contributed by atoms with E-state index in [2.05, 4.69) is 18.7 Å². The number of phenols is 1. The minimum absolute atomic E-state index is 0.0700. The molecule has 0 bridgehead atoms. The molecule has 6 nitrogen and oxygen atoms in total. The third kappa shape index (κ3) is 4.93. The Bertz CT molecular complexity index is 1090. The van der Waals surface area contributed by atoms with Gasteiger partial charge in [-0.1, -0.05) is 26.0 Å². The number of likely N-dealkylation sites (tertiary alicyclic amines) is 1. The summed E-state index contributed by atoms with van der Waals surface area (Å²) in [6.45, 7) is 10.5. The Morgan fingerprint density at radius 1 is 1.09 bits per heavy atom. The summed E-state index contributed by atoms with van der Waals surface area (Å²) in [6, 6.07) is 7.82. The van der Waals surface area contributed by atoms with Crippen molar-refractivity contribution < 1.29 is 24.2 Å². The summed E-state index contributed by atoms with van der Waals surface area (Å²) in [5.41, 5.74) is 1.95. The van der Waals surface area contributed by atoms with Crippen molar-refractivity contribution in [3.8, 4) is 5.75 Å². The van der Waals surface area contributed by atoms with Crippen LogP contribution >= 0.6 is 0 Å². The largest absolute Gasteiger partial charge is 0.507 e. The molecule has 0 radical (unpaired) electrons. The van der Waals surface area contributed by atoms with Gasteiger partial charge in [0.2, 0.25) is 0 Å². The Hall–Kier alpha value is -3.19. The molecule has 3 rings (SSSR count). The highest BCUT2D eigenvalue weighted by atomic mass is 19.1. The summed E-state index contributed by atoms with van der Waals surface area (Å²) in [4.78, 5) is 29.7. The van der Waals surface area contributed by atoms with Gasteiger partial charge in [-0.05, 0) is 80.9 Å². The number of phenolic OH excluding ortho intramolecular Hbond substituents is 1. The van der Waals surface area contributed by atoms with Gasteiger partial charge < -0.3 is 20.0 Å². The van der Waals surface area contributed by atoms with Gasteiger partial charge in [0.25, 0.3) is 11.7 Å². The van der Waals surface area contributed by atoms with E-state index in [1.165, 1.54) is 29.2 Å². The maximum absolute atomic E-state index is 14.1. The molecule has 33 heavy (non-hydrogen) atoms. The minimum atomic E-state index is -0.946. The molecular weight excluding hydrogens is 423 g/mol. The third-order valence-corrected chi connectivity index (χ3v) is 6.34. The van der Waals surface area contributed by atoms with Crippen molar-refractivity contribution in [1.29, 1.82) is 0 Å². The normalized spacial score (nSPS) is 17.9. The molecule has 0 aromatic heterocycles. The SMILES string of the molecule is CCN(CC)CCCN1C(=O)C(=O)C(=C(O)c2cc(C)c(C)cc2O)C1c1cccc(F)c1. The molecule has 0 aliphatic carbocycles. The number of hydrogen-bond donors (Lipinski definition) is 2. The Morgan fingerprint density at radius 2 is 1.76 bits per heavy atom. The predicted molar refractivity (Wildman–Crippen MR) is 125 cm³/mol. The average molecular weight is 455 g/mol. The number of hydrogen-bond acceptors (Lipinski definition) is 5. The maximum atomic E-state index is 14.1. The van der Waals surface area contributed by atoms with Crippen molar-refractivity contribution >= 4 is 17.4 Å². The second-order valence-electron chi connectivity index (χ2n) is 8.38. The highest BCUT2D eigenvalue weighted by Gasteiger charge is 2.46. The quantitative estimate of drug-likeness (QED) is 0.353. The summed E-state index contributed by atoms with van der Waals surface area (Å²) in [7, 11) is 0. The van der Waals surface area contributed by atoms with Crippen LogP contribution in [0.3, 0.4) is 0 Å². The van der Waals surface area contributed by atoms with Gasteiger partial charge in [0.15, 0.2) is 0 Å². The summed E-state index contributed by atoms with van der Waals surface area (Å²) in [5.74, 6) is -2.75. The predicted octanol–water partition coefficient (Wildman–Crippen LogP) is 4.30. The number of Topliss-reactive ketones (excluding diaryl/α,β-unsaturated/α-hetero) is 1. The molecule has 0 saturated carbocycles. The highest BCUT2D eigenvalue weighted by molar-refractivity contribution is 6.46. The molecule has 0 spiro atoms. The number of benzene rings is 2. The van der Waals surface area contributed by atoms with E-state index in [9.17, 15) is 24.2 Å². The lowest BCUT2D eigenvalue weighted by molar-refractivity contribution is -0.140. The molecular formula is C26H31FN2O4. The number of nitrogens with zero attached hydrogens (tertiary/aromatic N) is 2. The van der Waals surface area contributed by atoms with E-state index in [1.807, 2.05) is 13.8 Å². The van der Waals surface area contributed by atoms with Crippen molar-refractivity contribution in [2.24, 2.45) is 0 Å². The van der Waals surface area contributed by atoms with Crippen LogP contribution in [0, 0.1) is 19.7 Å². The van der Waals surface area contributed by atoms with Gasteiger partial charge in [0, 0.05) is 6.54 Å². The molecule has 1 unspecified atom stereocenters. The third-order valence-electron chi connectivity index (χ3n) is 6.34. The van der Waals surface area contributed by atoms with Crippen LogP contribution in [0.25, 0.3) is 5.76 Å². The van der Waals surface area contributed by atoms with Gasteiger partial charge >= 0.3 is 0 Å². The monoisotopic (exact) mass is 454 g/mol. The fourth-order valence-corrected chi connectivity index (χ4v) is 4.27. The molecule has 7 heteroatoms. The summed E-state index contributed by atoms with van der Waals surface area (Å²) in [6.07, 6.45) is 0.620. The second-order valence-corrected chi connectivity index (χ2v) is 8.38. The molecule has 2 aromatic rings. The zero-order chi connectivity index (χ0) is 24.3. The van der Waals surface area contributed by atoms with Gasteiger partial charge in [0.05, 0.1) is 17.2 Å². The topological polar surface area (TPSA) is 81.1 Å². The van der Waals surface area contributed by atoms with E-state index in [4.69, 9.17) is 0 Å².